The number of hydrogen-bond acceptors (Lipinski definition) is 3. The highest BCUT2D eigenvalue weighted by atomic mass is 32.2. The summed E-state index contributed by atoms with van der Waals surface area (Å²) in [6.45, 7) is 3.47. The van der Waals surface area contributed by atoms with Crippen molar-refractivity contribution in [3.05, 3.63) is 47.0 Å². The van der Waals surface area contributed by atoms with Gasteiger partial charge in [0.2, 0.25) is 0 Å². The third kappa shape index (κ3) is 2.50. The molecule has 1 rings (SSSR count). The lowest BCUT2D eigenvalue weighted by Crippen LogP contribution is -1.95. The molecule has 0 amide bonds. The molecule has 0 aromatic heterocycles. The average molecular weight is 211 g/mol. The fourth-order valence-corrected chi connectivity index (χ4v) is 1.77. The lowest BCUT2D eigenvalue weighted by Gasteiger charge is -1.97. The molecule has 1 atom stereocenters. The lowest BCUT2D eigenvalue weighted by atomic mass is 10.3. The minimum atomic E-state index is -1.15. The van der Waals surface area contributed by atoms with E-state index in [1.165, 1.54) is 24.3 Å². The van der Waals surface area contributed by atoms with Gasteiger partial charge < -0.3 is 0 Å². The van der Waals surface area contributed by atoms with E-state index in [4.69, 9.17) is 0 Å². The molecule has 0 saturated heterocycles. The van der Waals surface area contributed by atoms with Crippen LogP contribution in [0.1, 0.15) is 0 Å². The molecule has 4 nitrogen and oxygen atoms in total. The van der Waals surface area contributed by atoms with Crippen LogP contribution < -0.4 is 0 Å². The van der Waals surface area contributed by atoms with Crippen molar-refractivity contribution < 1.29 is 9.13 Å². The van der Waals surface area contributed by atoms with E-state index in [2.05, 4.69) is 6.58 Å². The van der Waals surface area contributed by atoms with Crippen molar-refractivity contribution >= 4 is 16.5 Å². The molecule has 0 N–H and O–H groups in total. The number of non-ortho nitro benzene ring substituents is 1. The summed E-state index contributed by atoms with van der Waals surface area (Å²) in [7, 11) is -1.15. The zero-order chi connectivity index (χ0) is 10.6. The Morgan fingerprint density at radius 1 is 1.43 bits per heavy atom. The minimum Gasteiger partial charge on any atom is -0.258 e. The Morgan fingerprint density at radius 2 is 2.00 bits per heavy atom. The lowest BCUT2D eigenvalue weighted by molar-refractivity contribution is -0.384. The van der Waals surface area contributed by atoms with Crippen molar-refractivity contribution in [1.82, 2.24) is 0 Å². The molecular weight excluding hydrogens is 202 g/mol. The number of nitro benzene ring substituents is 1. The number of benzene rings is 1. The molecule has 1 unspecified atom stereocenters. The Labute approximate surface area is 83.9 Å². The fraction of sp³-hybridized carbons (Fsp3) is 0.111. The molecule has 5 heteroatoms. The van der Waals surface area contributed by atoms with Gasteiger partial charge in [-0.1, -0.05) is 6.08 Å². The highest BCUT2D eigenvalue weighted by molar-refractivity contribution is 7.85. The van der Waals surface area contributed by atoms with Crippen molar-refractivity contribution in [3.63, 3.8) is 0 Å². The molecule has 0 heterocycles. The maximum absolute atomic E-state index is 11.4. The van der Waals surface area contributed by atoms with Gasteiger partial charge >= 0.3 is 0 Å². The zero-order valence-corrected chi connectivity index (χ0v) is 8.20. The Balaban J connectivity index is 2.88. The predicted molar refractivity (Wildman–Crippen MR) is 54.6 cm³/mol. The Kier molecular flexibility index (Phi) is 3.53. The summed E-state index contributed by atoms with van der Waals surface area (Å²) in [5.41, 5.74) is 0.00403. The topological polar surface area (TPSA) is 60.2 Å². The van der Waals surface area contributed by atoms with Gasteiger partial charge in [-0.2, -0.15) is 0 Å². The van der Waals surface area contributed by atoms with E-state index in [1.54, 1.807) is 6.08 Å². The third-order valence-electron chi connectivity index (χ3n) is 1.58. The van der Waals surface area contributed by atoms with Gasteiger partial charge in [-0.05, 0) is 12.1 Å². The monoisotopic (exact) mass is 211 g/mol. The molecule has 0 aliphatic carbocycles. The fourth-order valence-electron chi connectivity index (χ4n) is 0.923. The van der Waals surface area contributed by atoms with Gasteiger partial charge in [0.1, 0.15) is 0 Å². The van der Waals surface area contributed by atoms with E-state index in [9.17, 15) is 14.3 Å². The van der Waals surface area contributed by atoms with Crippen LogP contribution in [0, 0.1) is 10.1 Å². The van der Waals surface area contributed by atoms with E-state index in [0.29, 0.717) is 10.6 Å². The van der Waals surface area contributed by atoms with Crippen LogP contribution in [0.25, 0.3) is 0 Å². The van der Waals surface area contributed by atoms with Crippen molar-refractivity contribution in [2.75, 3.05) is 5.75 Å². The Morgan fingerprint density at radius 3 is 2.43 bits per heavy atom. The minimum absolute atomic E-state index is 0.00403. The predicted octanol–water partition coefficient (Wildman–Crippen LogP) is 1.89. The van der Waals surface area contributed by atoms with Crippen molar-refractivity contribution in [1.29, 1.82) is 0 Å². The summed E-state index contributed by atoms with van der Waals surface area (Å²) in [5, 5.41) is 10.3. The van der Waals surface area contributed by atoms with E-state index in [0.717, 1.165) is 0 Å². The molecule has 74 valence electrons. The van der Waals surface area contributed by atoms with Crippen LogP contribution in [0.4, 0.5) is 5.69 Å². The highest BCUT2D eigenvalue weighted by Gasteiger charge is 2.06. The van der Waals surface area contributed by atoms with Crippen molar-refractivity contribution in [2.45, 2.75) is 4.90 Å². The second-order valence-corrected chi connectivity index (χ2v) is 4.05. The first kappa shape index (κ1) is 10.6. The van der Waals surface area contributed by atoms with Gasteiger partial charge in [-0.3, -0.25) is 14.3 Å². The molecule has 1 aromatic carbocycles. The summed E-state index contributed by atoms with van der Waals surface area (Å²) < 4.78 is 11.4. The summed E-state index contributed by atoms with van der Waals surface area (Å²) in [6.07, 6.45) is 1.55. The SMILES string of the molecule is C=CCS(=O)c1ccc([N+](=O)[O-])cc1. The van der Waals surface area contributed by atoms with Crippen molar-refractivity contribution in [3.8, 4) is 0 Å². The zero-order valence-electron chi connectivity index (χ0n) is 7.38. The first-order valence-corrected chi connectivity index (χ1v) is 5.21. The van der Waals surface area contributed by atoms with E-state index in [-0.39, 0.29) is 5.69 Å². The van der Waals surface area contributed by atoms with Crippen LogP contribution in [0.15, 0.2) is 41.8 Å². The van der Waals surface area contributed by atoms with Crippen LogP contribution in [0.5, 0.6) is 0 Å². The molecule has 14 heavy (non-hydrogen) atoms. The van der Waals surface area contributed by atoms with Gasteiger partial charge in [0, 0.05) is 22.8 Å². The number of nitrogens with zero attached hydrogens (tertiary/aromatic N) is 1. The summed E-state index contributed by atoms with van der Waals surface area (Å²) in [6, 6.07) is 5.68. The summed E-state index contributed by atoms with van der Waals surface area (Å²) in [5.74, 6) is 0.359. The largest absolute Gasteiger partial charge is 0.269 e. The molecule has 0 spiro atoms. The second-order valence-electron chi connectivity index (χ2n) is 2.55. The normalized spacial score (nSPS) is 12.0. The van der Waals surface area contributed by atoms with Gasteiger partial charge in [0.25, 0.3) is 5.69 Å². The van der Waals surface area contributed by atoms with Crippen LogP contribution in [0.2, 0.25) is 0 Å². The van der Waals surface area contributed by atoms with Crippen LogP contribution in [0.3, 0.4) is 0 Å². The van der Waals surface area contributed by atoms with E-state index in [1.807, 2.05) is 0 Å². The van der Waals surface area contributed by atoms with Crippen LogP contribution >= 0.6 is 0 Å². The maximum atomic E-state index is 11.4. The van der Waals surface area contributed by atoms with Gasteiger partial charge in [-0.15, -0.1) is 6.58 Å². The summed E-state index contributed by atoms with van der Waals surface area (Å²) >= 11 is 0. The quantitative estimate of drug-likeness (QED) is 0.434. The summed E-state index contributed by atoms with van der Waals surface area (Å²) in [4.78, 5) is 10.4. The Hall–Kier alpha value is -1.49. The molecular formula is C9H9NO3S. The molecule has 0 radical (unpaired) electrons. The average Bonchev–Trinajstić information content (AvgIpc) is 2.18. The first-order valence-electron chi connectivity index (χ1n) is 3.89. The van der Waals surface area contributed by atoms with Crippen molar-refractivity contribution in [2.24, 2.45) is 0 Å². The molecule has 0 saturated carbocycles. The number of hydrogen-bond donors (Lipinski definition) is 0. The van der Waals surface area contributed by atoms with E-state index < -0.39 is 15.7 Å². The van der Waals surface area contributed by atoms with Gasteiger partial charge in [0.15, 0.2) is 0 Å². The number of rotatable bonds is 4. The first-order chi connectivity index (χ1) is 6.65. The maximum Gasteiger partial charge on any atom is 0.269 e. The van der Waals surface area contributed by atoms with Gasteiger partial charge in [0.05, 0.1) is 15.7 Å². The smallest absolute Gasteiger partial charge is 0.258 e. The molecule has 0 aliphatic rings. The van der Waals surface area contributed by atoms with Crippen LogP contribution in [-0.4, -0.2) is 14.9 Å². The number of nitro groups is 1. The second kappa shape index (κ2) is 4.66. The van der Waals surface area contributed by atoms with E-state index >= 15 is 0 Å². The standard InChI is InChI=1S/C9H9NO3S/c1-2-7-14(13)9-5-3-8(4-6-9)10(11)12/h2-6H,1,7H2. The van der Waals surface area contributed by atoms with Crippen LogP contribution in [-0.2, 0) is 10.8 Å². The molecule has 1 aromatic rings. The highest BCUT2D eigenvalue weighted by Crippen LogP contribution is 2.14. The Bertz CT molecular complexity index is 372. The van der Waals surface area contributed by atoms with Gasteiger partial charge in [-0.25, -0.2) is 0 Å². The molecule has 0 bridgehead atoms. The third-order valence-corrected chi connectivity index (χ3v) is 2.92. The molecule has 0 aliphatic heterocycles. The molecule has 0 fully saturated rings.